The molecule has 5 nitrogen and oxygen atoms in total. The molecule has 0 saturated heterocycles. The average molecular weight is 972 g/mol. The van der Waals surface area contributed by atoms with Crippen molar-refractivity contribution in [2.45, 2.75) is 277 Å². The van der Waals surface area contributed by atoms with Gasteiger partial charge < -0.3 is 14.6 Å². The Balaban J connectivity index is 3.50. The fourth-order valence-electron chi connectivity index (χ4n) is 8.15. The van der Waals surface area contributed by atoms with E-state index >= 15 is 0 Å². The largest absolute Gasteiger partial charge is 0.462 e. The van der Waals surface area contributed by atoms with Crippen LogP contribution >= 0.6 is 0 Å². The highest BCUT2D eigenvalue weighted by Gasteiger charge is 2.16. The number of hydrogen-bond acceptors (Lipinski definition) is 5. The Kier molecular flexibility index (Phi) is 56.9. The van der Waals surface area contributed by atoms with Gasteiger partial charge in [0.05, 0.1) is 6.61 Å². The second kappa shape index (κ2) is 59.9. The second-order valence-corrected chi connectivity index (χ2v) is 19.3. The molecule has 0 amide bonds. The molecule has 0 spiro atoms. The fourth-order valence-corrected chi connectivity index (χ4v) is 8.15. The summed E-state index contributed by atoms with van der Waals surface area (Å²) in [4.78, 5) is 24.5. The molecule has 1 atom stereocenters. The minimum atomic E-state index is -0.779. The first-order valence-corrected chi connectivity index (χ1v) is 29.4. The number of hydrogen-bond donors (Lipinski definition) is 1. The summed E-state index contributed by atoms with van der Waals surface area (Å²) in [6.45, 7) is 4.02. The van der Waals surface area contributed by atoms with Gasteiger partial charge in [-0.2, -0.15) is 0 Å². The zero-order valence-electron chi connectivity index (χ0n) is 45.7. The van der Waals surface area contributed by atoms with Crippen LogP contribution in [0, 0.1) is 0 Å². The maximum absolute atomic E-state index is 12.3. The Labute approximate surface area is 433 Å². The maximum Gasteiger partial charge on any atom is 0.306 e. The van der Waals surface area contributed by atoms with Crippen molar-refractivity contribution in [3.05, 3.63) is 109 Å². The van der Waals surface area contributed by atoms with E-state index in [4.69, 9.17) is 9.47 Å². The average Bonchev–Trinajstić information content (AvgIpc) is 3.36. The van der Waals surface area contributed by atoms with Crippen molar-refractivity contribution in [2.24, 2.45) is 0 Å². The van der Waals surface area contributed by atoms with E-state index in [1.165, 1.54) is 148 Å². The number of esters is 2. The second-order valence-electron chi connectivity index (χ2n) is 19.3. The van der Waals surface area contributed by atoms with Crippen LogP contribution in [0.2, 0.25) is 0 Å². The molecule has 70 heavy (non-hydrogen) atoms. The molecule has 0 fully saturated rings. The third-order valence-electron chi connectivity index (χ3n) is 12.6. The van der Waals surface area contributed by atoms with E-state index in [0.717, 1.165) is 96.3 Å². The summed E-state index contributed by atoms with van der Waals surface area (Å²) in [5.41, 5.74) is 0. The zero-order chi connectivity index (χ0) is 50.6. The first kappa shape index (κ1) is 66.6. The van der Waals surface area contributed by atoms with Crippen molar-refractivity contribution in [1.82, 2.24) is 0 Å². The van der Waals surface area contributed by atoms with Crippen LogP contribution in [0.1, 0.15) is 271 Å². The highest BCUT2D eigenvalue weighted by molar-refractivity contribution is 5.70. The molecule has 0 aliphatic carbocycles. The van der Waals surface area contributed by atoms with Gasteiger partial charge in [0, 0.05) is 12.8 Å². The van der Waals surface area contributed by atoms with Crippen molar-refractivity contribution in [1.29, 1.82) is 0 Å². The van der Waals surface area contributed by atoms with Gasteiger partial charge in [-0.05, 0) is 103 Å². The van der Waals surface area contributed by atoms with Gasteiger partial charge in [0.2, 0.25) is 0 Å². The Morgan fingerprint density at radius 3 is 0.943 bits per heavy atom. The number of aliphatic hydroxyl groups is 1. The van der Waals surface area contributed by atoms with Gasteiger partial charge in [0.15, 0.2) is 6.10 Å². The van der Waals surface area contributed by atoms with Crippen LogP contribution in [0.3, 0.4) is 0 Å². The quantitative estimate of drug-likeness (QED) is 0.0373. The minimum absolute atomic E-state index is 0.0715. The smallest absolute Gasteiger partial charge is 0.306 e. The molecule has 0 aromatic carbocycles. The Bertz CT molecular complexity index is 1380. The lowest BCUT2D eigenvalue weighted by Crippen LogP contribution is -2.28. The Morgan fingerprint density at radius 1 is 0.343 bits per heavy atom. The first-order chi connectivity index (χ1) is 34.6. The van der Waals surface area contributed by atoms with Crippen molar-refractivity contribution in [3.63, 3.8) is 0 Å². The summed E-state index contributed by atoms with van der Waals surface area (Å²) >= 11 is 0. The van der Waals surface area contributed by atoms with Crippen molar-refractivity contribution in [2.75, 3.05) is 13.2 Å². The number of unbranched alkanes of at least 4 members (excludes halogenated alkanes) is 27. The molecule has 0 aliphatic heterocycles. The molecule has 0 aliphatic rings. The van der Waals surface area contributed by atoms with Crippen LogP contribution in [0.15, 0.2) is 109 Å². The standard InChI is InChI=1S/C65H110O5/c1-3-5-7-9-11-13-15-17-19-20-21-22-23-24-25-26-27-28-29-30-31-32-33-34-35-36-37-38-39-40-41-42-43-44-46-48-50-52-54-56-58-60-65(68)70-63(61-66)62-69-64(67)59-57-55-53-51-49-47-45-18-16-14-12-10-8-6-4-2/h5,7,11,13,17-19,21-22,24-25,27-28,30-31,33-34,45,63,66H,3-4,6,8-10,12,14-16,20,23,26,29,32,35-44,46-62H2,1-2H3/b7-5-,13-11-,19-17-,22-21-,25-24-,28-27-,31-30-,34-33-,45-18-. The number of carbonyl (C=O) groups excluding carboxylic acids is 2. The lowest BCUT2D eigenvalue weighted by atomic mass is 10.0. The SMILES string of the molecule is CC/C=C\C/C=C\C/C=C\C/C=C\C/C=C\C/C=C\C/C=C\C/C=C\CCCCCCCCCCCCCCCCCCC(=O)OC(CO)COC(=O)CCCCCCC/C=C\CCCCCCCC. The molecule has 1 unspecified atom stereocenters. The third-order valence-corrected chi connectivity index (χ3v) is 12.6. The number of allylic oxidation sites excluding steroid dienone is 18. The van der Waals surface area contributed by atoms with Crippen LogP contribution in [-0.2, 0) is 19.1 Å². The number of carbonyl (C=O) groups is 2. The summed E-state index contributed by atoms with van der Waals surface area (Å²) < 4.78 is 10.7. The lowest BCUT2D eigenvalue weighted by molar-refractivity contribution is -0.161. The van der Waals surface area contributed by atoms with Gasteiger partial charge in [-0.15, -0.1) is 0 Å². The zero-order valence-corrected chi connectivity index (χ0v) is 45.7. The molecule has 0 heterocycles. The van der Waals surface area contributed by atoms with Crippen molar-refractivity contribution >= 4 is 11.9 Å². The highest BCUT2D eigenvalue weighted by Crippen LogP contribution is 2.16. The normalized spacial score (nSPS) is 13.0. The first-order valence-electron chi connectivity index (χ1n) is 29.4. The summed E-state index contributed by atoms with van der Waals surface area (Å²) in [5, 5.41) is 9.64. The van der Waals surface area contributed by atoms with Crippen LogP contribution in [-0.4, -0.2) is 36.4 Å². The van der Waals surface area contributed by atoms with Gasteiger partial charge in [0.1, 0.15) is 6.61 Å². The molecule has 0 bridgehead atoms. The van der Waals surface area contributed by atoms with E-state index in [2.05, 4.69) is 123 Å². The number of ether oxygens (including phenoxy) is 2. The third kappa shape index (κ3) is 57.1. The Hall–Kier alpha value is -3.44. The van der Waals surface area contributed by atoms with Crippen LogP contribution in [0.25, 0.3) is 0 Å². The molecule has 5 heteroatoms. The number of rotatable bonds is 53. The van der Waals surface area contributed by atoms with Crippen LogP contribution in [0.4, 0.5) is 0 Å². The predicted molar refractivity (Wildman–Crippen MR) is 306 cm³/mol. The van der Waals surface area contributed by atoms with E-state index < -0.39 is 6.10 Å². The molecule has 0 rings (SSSR count). The Morgan fingerprint density at radius 2 is 0.614 bits per heavy atom. The summed E-state index contributed by atoms with van der Waals surface area (Å²) in [6.07, 6.45) is 86.5. The van der Waals surface area contributed by atoms with Crippen LogP contribution in [0.5, 0.6) is 0 Å². The monoisotopic (exact) mass is 971 g/mol. The van der Waals surface area contributed by atoms with Gasteiger partial charge in [-0.25, -0.2) is 0 Å². The van der Waals surface area contributed by atoms with E-state index in [-0.39, 0.29) is 25.2 Å². The summed E-state index contributed by atoms with van der Waals surface area (Å²) in [7, 11) is 0. The van der Waals surface area contributed by atoms with Gasteiger partial charge in [0.25, 0.3) is 0 Å². The molecule has 0 aromatic rings. The molecule has 400 valence electrons. The van der Waals surface area contributed by atoms with Crippen molar-refractivity contribution in [3.8, 4) is 0 Å². The molecule has 0 radical (unpaired) electrons. The molecule has 0 aromatic heterocycles. The van der Waals surface area contributed by atoms with Crippen LogP contribution < -0.4 is 0 Å². The summed E-state index contributed by atoms with van der Waals surface area (Å²) in [5.74, 6) is -0.597. The van der Waals surface area contributed by atoms with E-state index in [1.807, 2.05) is 0 Å². The highest BCUT2D eigenvalue weighted by atomic mass is 16.6. The fraction of sp³-hybridized carbons (Fsp3) is 0.692. The molecular formula is C65H110O5. The summed E-state index contributed by atoms with van der Waals surface area (Å²) in [6, 6.07) is 0. The molecule has 1 N–H and O–H groups in total. The lowest BCUT2D eigenvalue weighted by Gasteiger charge is -2.15. The predicted octanol–water partition coefficient (Wildman–Crippen LogP) is 20.1. The van der Waals surface area contributed by atoms with Gasteiger partial charge >= 0.3 is 11.9 Å². The van der Waals surface area contributed by atoms with E-state index in [1.54, 1.807) is 0 Å². The van der Waals surface area contributed by atoms with Gasteiger partial charge in [-0.1, -0.05) is 264 Å². The minimum Gasteiger partial charge on any atom is -0.462 e. The topological polar surface area (TPSA) is 72.8 Å². The maximum atomic E-state index is 12.3. The van der Waals surface area contributed by atoms with E-state index in [9.17, 15) is 14.7 Å². The molecular weight excluding hydrogens is 861 g/mol. The van der Waals surface area contributed by atoms with Crippen molar-refractivity contribution < 1.29 is 24.2 Å². The molecule has 0 saturated carbocycles. The van der Waals surface area contributed by atoms with E-state index in [0.29, 0.717) is 12.8 Å². The van der Waals surface area contributed by atoms with Gasteiger partial charge in [-0.3, -0.25) is 9.59 Å². The number of aliphatic hydroxyl groups excluding tert-OH is 1.